The third kappa shape index (κ3) is 1.35. The molecule has 1 heterocycles. The lowest BCUT2D eigenvalue weighted by molar-refractivity contribution is 0.737. The summed E-state index contributed by atoms with van der Waals surface area (Å²) in [5.41, 5.74) is 2.80. The molecule has 0 fully saturated rings. The number of rotatable bonds is 2. The molecule has 1 aromatic rings. The summed E-state index contributed by atoms with van der Waals surface area (Å²) in [6.07, 6.45) is 1.64. The highest BCUT2D eigenvalue weighted by Gasteiger charge is 1.84. The van der Waals surface area contributed by atoms with Gasteiger partial charge in [-0.1, -0.05) is 0 Å². The summed E-state index contributed by atoms with van der Waals surface area (Å²) in [6, 6.07) is 1.46. The minimum Gasteiger partial charge on any atom is -0.312 e. The minimum absolute atomic E-state index is 0.0871. The molecule has 2 N–H and O–H groups in total. The van der Waals surface area contributed by atoms with Crippen LogP contribution in [0.5, 0.6) is 0 Å². The predicted octanol–water partition coefficient (Wildman–Crippen LogP) is -0.260. The number of hydrogen-bond acceptors (Lipinski definition) is 2. The molecule has 1 aromatic heterocycles. The van der Waals surface area contributed by atoms with E-state index in [0.717, 1.165) is 6.54 Å². The molecule has 0 saturated heterocycles. The maximum atomic E-state index is 10.4. The fraction of sp³-hybridized carbons (Fsp3) is 0.400. The van der Waals surface area contributed by atoms with Crippen molar-refractivity contribution in [3.8, 4) is 0 Å². The average Bonchev–Trinajstić information content (AvgIpc) is 2.17. The van der Waals surface area contributed by atoms with Crippen molar-refractivity contribution in [3.63, 3.8) is 0 Å². The van der Waals surface area contributed by atoms with Gasteiger partial charge >= 0.3 is 0 Å². The molecule has 0 radical (unpaired) electrons. The lowest BCUT2D eigenvalue weighted by Crippen LogP contribution is -2.16. The van der Waals surface area contributed by atoms with Crippen LogP contribution in [0.25, 0.3) is 0 Å². The Hall–Kier alpha value is -1.19. The monoisotopic (exact) mass is 127 g/mol. The van der Waals surface area contributed by atoms with Crippen molar-refractivity contribution in [2.24, 2.45) is 0 Å². The quantitative estimate of drug-likeness (QED) is 0.575. The molecule has 1 rings (SSSR count). The molecule has 0 unspecified atom stereocenters. The maximum absolute atomic E-state index is 10.4. The summed E-state index contributed by atoms with van der Waals surface area (Å²) >= 11 is 0. The van der Waals surface area contributed by atoms with E-state index in [2.05, 4.69) is 10.5 Å². The van der Waals surface area contributed by atoms with Crippen molar-refractivity contribution in [1.82, 2.24) is 9.89 Å². The number of aromatic nitrogens is 2. The van der Waals surface area contributed by atoms with E-state index in [-0.39, 0.29) is 5.56 Å². The van der Waals surface area contributed by atoms with Gasteiger partial charge in [-0.25, -0.2) is 9.89 Å². The van der Waals surface area contributed by atoms with Gasteiger partial charge in [0.05, 0.1) is 6.20 Å². The molecule has 0 aliphatic heterocycles. The highest BCUT2D eigenvalue weighted by Crippen LogP contribution is 1.69. The molecule has 0 aromatic carbocycles. The minimum atomic E-state index is -0.0871. The largest absolute Gasteiger partial charge is 0.312 e. The molecular formula is C5H9N3O. The topological polar surface area (TPSA) is 49.8 Å². The zero-order valence-corrected chi connectivity index (χ0v) is 5.22. The van der Waals surface area contributed by atoms with Crippen LogP contribution >= 0.6 is 0 Å². The summed E-state index contributed by atoms with van der Waals surface area (Å²) in [5.74, 6) is 0. The van der Waals surface area contributed by atoms with Gasteiger partial charge in [-0.05, 0) is 6.92 Å². The first-order chi connectivity index (χ1) is 4.33. The molecule has 0 saturated carbocycles. The summed E-state index contributed by atoms with van der Waals surface area (Å²) < 4.78 is 0. The first kappa shape index (κ1) is 5.94. The molecule has 0 atom stereocenters. The van der Waals surface area contributed by atoms with E-state index in [1.54, 1.807) is 6.20 Å². The van der Waals surface area contributed by atoms with Crippen LogP contribution in [0.3, 0.4) is 0 Å². The molecule has 50 valence electrons. The van der Waals surface area contributed by atoms with Crippen molar-refractivity contribution in [2.75, 3.05) is 12.0 Å². The van der Waals surface area contributed by atoms with Crippen LogP contribution < -0.4 is 11.0 Å². The molecule has 0 amide bonds. The van der Waals surface area contributed by atoms with Crippen molar-refractivity contribution in [2.45, 2.75) is 6.92 Å². The van der Waals surface area contributed by atoms with Crippen LogP contribution in [0.15, 0.2) is 17.1 Å². The van der Waals surface area contributed by atoms with E-state index in [1.165, 1.54) is 10.9 Å². The third-order valence-corrected chi connectivity index (χ3v) is 0.934. The van der Waals surface area contributed by atoms with Crippen molar-refractivity contribution >= 4 is 0 Å². The van der Waals surface area contributed by atoms with Crippen LogP contribution in [0.4, 0.5) is 0 Å². The van der Waals surface area contributed by atoms with Gasteiger partial charge in [-0.15, -0.1) is 0 Å². The van der Waals surface area contributed by atoms with Crippen LogP contribution in [0.2, 0.25) is 0 Å². The second-order valence-corrected chi connectivity index (χ2v) is 1.67. The molecule has 4 nitrogen and oxygen atoms in total. The number of hydrogen-bond donors (Lipinski definition) is 2. The third-order valence-electron chi connectivity index (χ3n) is 0.934. The van der Waals surface area contributed by atoms with E-state index >= 15 is 0 Å². The summed E-state index contributed by atoms with van der Waals surface area (Å²) in [5, 5.41) is 2.53. The van der Waals surface area contributed by atoms with Crippen LogP contribution in [0, 0.1) is 0 Å². The SMILES string of the molecule is CCNn1ccc(=O)[nH]1. The number of nitrogens with zero attached hydrogens (tertiary/aromatic N) is 1. The van der Waals surface area contributed by atoms with Gasteiger partial charge < -0.3 is 5.43 Å². The van der Waals surface area contributed by atoms with Gasteiger partial charge in [0, 0.05) is 12.6 Å². The molecule has 0 aliphatic rings. The van der Waals surface area contributed by atoms with Crippen molar-refractivity contribution < 1.29 is 0 Å². The standard InChI is InChI=1S/C5H9N3O/c1-2-6-8-4-3-5(9)7-8/h3-4,6H,2H2,1H3,(H,7,9). The molecule has 0 aliphatic carbocycles. The van der Waals surface area contributed by atoms with E-state index in [0.29, 0.717) is 0 Å². The number of H-pyrrole nitrogens is 1. The molecule has 0 spiro atoms. The molecule has 9 heavy (non-hydrogen) atoms. The average molecular weight is 127 g/mol. The Morgan fingerprint density at radius 2 is 2.67 bits per heavy atom. The van der Waals surface area contributed by atoms with Gasteiger partial charge in [0.2, 0.25) is 0 Å². The van der Waals surface area contributed by atoms with Crippen LogP contribution in [0.1, 0.15) is 6.92 Å². The Morgan fingerprint density at radius 1 is 1.89 bits per heavy atom. The lowest BCUT2D eigenvalue weighted by atomic mass is 10.7. The Morgan fingerprint density at radius 3 is 3.11 bits per heavy atom. The normalized spacial score (nSPS) is 9.44. The van der Waals surface area contributed by atoms with Gasteiger partial charge in [0.15, 0.2) is 0 Å². The second-order valence-electron chi connectivity index (χ2n) is 1.67. The predicted molar refractivity (Wildman–Crippen MR) is 35.0 cm³/mol. The van der Waals surface area contributed by atoms with E-state index in [4.69, 9.17) is 0 Å². The summed E-state index contributed by atoms with van der Waals surface area (Å²) in [7, 11) is 0. The fourth-order valence-electron chi connectivity index (χ4n) is 0.598. The van der Waals surface area contributed by atoms with E-state index in [1.807, 2.05) is 6.92 Å². The Bertz CT molecular complexity index is 224. The Balaban J connectivity index is 2.73. The summed E-state index contributed by atoms with van der Waals surface area (Å²) in [6.45, 7) is 2.75. The lowest BCUT2D eigenvalue weighted by Gasteiger charge is -1.99. The van der Waals surface area contributed by atoms with E-state index < -0.39 is 0 Å². The Labute approximate surface area is 52.5 Å². The second kappa shape index (κ2) is 2.39. The smallest absolute Gasteiger partial charge is 0.265 e. The zero-order valence-electron chi connectivity index (χ0n) is 5.22. The highest BCUT2D eigenvalue weighted by atomic mass is 16.1. The maximum Gasteiger partial charge on any atom is 0.265 e. The van der Waals surface area contributed by atoms with Crippen LogP contribution in [-0.2, 0) is 0 Å². The molecular weight excluding hydrogens is 118 g/mol. The number of aromatic amines is 1. The summed E-state index contributed by atoms with van der Waals surface area (Å²) in [4.78, 5) is 12.0. The molecule has 0 bridgehead atoms. The van der Waals surface area contributed by atoms with Gasteiger partial charge in [-0.2, -0.15) is 0 Å². The van der Waals surface area contributed by atoms with Gasteiger partial charge in [-0.3, -0.25) is 4.79 Å². The molecule has 4 heteroatoms. The number of nitrogens with one attached hydrogen (secondary N) is 2. The Kier molecular flexibility index (Phi) is 1.58. The van der Waals surface area contributed by atoms with Crippen molar-refractivity contribution in [3.05, 3.63) is 22.6 Å². The van der Waals surface area contributed by atoms with Crippen LogP contribution in [-0.4, -0.2) is 16.4 Å². The first-order valence-electron chi connectivity index (χ1n) is 2.84. The van der Waals surface area contributed by atoms with Gasteiger partial charge in [0.1, 0.15) is 0 Å². The van der Waals surface area contributed by atoms with Crippen molar-refractivity contribution in [1.29, 1.82) is 0 Å². The fourth-order valence-corrected chi connectivity index (χ4v) is 0.598. The highest BCUT2D eigenvalue weighted by molar-refractivity contribution is 4.82. The zero-order chi connectivity index (χ0) is 6.69. The van der Waals surface area contributed by atoms with E-state index in [9.17, 15) is 4.79 Å². The first-order valence-corrected chi connectivity index (χ1v) is 2.84. The van der Waals surface area contributed by atoms with Gasteiger partial charge in [0.25, 0.3) is 5.56 Å².